The van der Waals surface area contributed by atoms with E-state index in [1.807, 2.05) is 12.1 Å². The highest BCUT2D eigenvalue weighted by molar-refractivity contribution is 5.39. The zero-order chi connectivity index (χ0) is 12.7. The lowest BCUT2D eigenvalue weighted by atomic mass is 10.0. The van der Waals surface area contributed by atoms with Gasteiger partial charge in [0.1, 0.15) is 5.82 Å². The van der Waals surface area contributed by atoms with Gasteiger partial charge in [-0.2, -0.15) is 0 Å². The van der Waals surface area contributed by atoms with Crippen molar-refractivity contribution in [3.63, 3.8) is 0 Å². The van der Waals surface area contributed by atoms with Gasteiger partial charge in [-0.3, -0.25) is 0 Å². The van der Waals surface area contributed by atoms with E-state index in [-0.39, 0.29) is 6.61 Å². The van der Waals surface area contributed by atoms with Crippen LogP contribution in [-0.4, -0.2) is 23.2 Å². The van der Waals surface area contributed by atoms with Gasteiger partial charge in [-0.05, 0) is 24.5 Å². The molecule has 0 aliphatic rings. The SMILES string of the molecule is CCC(CC)CN(CC)c1ccc(CO)cn1. The minimum absolute atomic E-state index is 0.0615. The molecule has 1 N–H and O–H groups in total. The monoisotopic (exact) mass is 236 g/mol. The van der Waals surface area contributed by atoms with Crippen molar-refractivity contribution in [3.8, 4) is 0 Å². The Kier molecular flexibility index (Phi) is 5.98. The van der Waals surface area contributed by atoms with E-state index in [4.69, 9.17) is 5.11 Å². The molecule has 0 bridgehead atoms. The molecule has 0 unspecified atom stereocenters. The highest BCUT2D eigenvalue weighted by atomic mass is 16.3. The summed E-state index contributed by atoms with van der Waals surface area (Å²) in [6.07, 6.45) is 4.17. The van der Waals surface area contributed by atoms with Gasteiger partial charge in [-0.25, -0.2) is 4.98 Å². The van der Waals surface area contributed by atoms with Gasteiger partial charge in [0.25, 0.3) is 0 Å². The van der Waals surface area contributed by atoms with E-state index in [0.29, 0.717) is 0 Å². The molecule has 0 fully saturated rings. The number of aromatic nitrogens is 1. The van der Waals surface area contributed by atoms with Crippen molar-refractivity contribution in [2.75, 3.05) is 18.0 Å². The van der Waals surface area contributed by atoms with Gasteiger partial charge in [-0.15, -0.1) is 0 Å². The zero-order valence-electron chi connectivity index (χ0n) is 11.2. The number of pyridine rings is 1. The molecule has 1 aromatic heterocycles. The zero-order valence-corrected chi connectivity index (χ0v) is 11.2. The van der Waals surface area contributed by atoms with E-state index < -0.39 is 0 Å². The molecule has 3 heteroatoms. The second-order valence-corrected chi connectivity index (χ2v) is 4.40. The summed E-state index contributed by atoms with van der Waals surface area (Å²) >= 11 is 0. The van der Waals surface area contributed by atoms with Crippen LogP contribution >= 0.6 is 0 Å². The van der Waals surface area contributed by atoms with Crippen LogP contribution in [0.4, 0.5) is 5.82 Å². The molecule has 0 spiro atoms. The molecule has 1 heterocycles. The lowest BCUT2D eigenvalue weighted by Gasteiger charge is -2.26. The molecule has 1 aromatic rings. The van der Waals surface area contributed by atoms with Gasteiger partial charge in [0.2, 0.25) is 0 Å². The third-order valence-electron chi connectivity index (χ3n) is 3.33. The number of rotatable bonds is 7. The van der Waals surface area contributed by atoms with Crippen molar-refractivity contribution < 1.29 is 5.11 Å². The molecule has 0 radical (unpaired) electrons. The van der Waals surface area contributed by atoms with Crippen LogP contribution in [0.15, 0.2) is 18.3 Å². The Labute approximate surface area is 104 Å². The summed E-state index contributed by atoms with van der Waals surface area (Å²) < 4.78 is 0. The minimum Gasteiger partial charge on any atom is -0.392 e. The molecule has 0 aliphatic heterocycles. The third-order valence-corrected chi connectivity index (χ3v) is 3.33. The minimum atomic E-state index is 0.0615. The number of aliphatic hydroxyl groups is 1. The maximum Gasteiger partial charge on any atom is 0.128 e. The molecule has 17 heavy (non-hydrogen) atoms. The summed E-state index contributed by atoms with van der Waals surface area (Å²) in [5.41, 5.74) is 0.868. The van der Waals surface area contributed by atoms with Crippen molar-refractivity contribution >= 4 is 5.82 Å². The summed E-state index contributed by atoms with van der Waals surface area (Å²) in [4.78, 5) is 6.71. The van der Waals surface area contributed by atoms with Gasteiger partial charge in [-0.1, -0.05) is 32.8 Å². The van der Waals surface area contributed by atoms with Gasteiger partial charge < -0.3 is 10.0 Å². The fourth-order valence-electron chi connectivity index (χ4n) is 1.94. The van der Waals surface area contributed by atoms with Crippen LogP contribution in [0.3, 0.4) is 0 Å². The number of hydrogen-bond acceptors (Lipinski definition) is 3. The first kappa shape index (κ1) is 14.0. The van der Waals surface area contributed by atoms with Crippen LogP contribution in [0.2, 0.25) is 0 Å². The summed E-state index contributed by atoms with van der Waals surface area (Å²) in [5.74, 6) is 1.74. The van der Waals surface area contributed by atoms with Crippen LogP contribution in [-0.2, 0) is 6.61 Å². The maximum absolute atomic E-state index is 8.99. The topological polar surface area (TPSA) is 36.4 Å². The summed E-state index contributed by atoms with van der Waals surface area (Å²) in [7, 11) is 0. The Hall–Kier alpha value is -1.09. The lowest BCUT2D eigenvalue weighted by molar-refractivity contribution is 0.281. The summed E-state index contributed by atoms with van der Waals surface area (Å²) in [5, 5.41) is 8.99. The second-order valence-electron chi connectivity index (χ2n) is 4.40. The first-order valence-corrected chi connectivity index (χ1v) is 6.55. The van der Waals surface area contributed by atoms with Crippen molar-refractivity contribution in [3.05, 3.63) is 23.9 Å². The molecule has 0 amide bonds. The Morgan fingerprint density at radius 2 is 1.94 bits per heavy atom. The number of anilines is 1. The average molecular weight is 236 g/mol. The van der Waals surface area contributed by atoms with Crippen molar-refractivity contribution in [1.29, 1.82) is 0 Å². The van der Waals surface area contributed by atoms with E-state index in [0.717, 1.165) is 30.4 Å². The molecule has 0 aromatic carbocycles. The van der Waals surface area contributed by atoms with Crippen LogP contribution in [0.1, 0.15) is 39.2 Å². The van der Waals surface area contributed by atoms with Crippen molar-refractivity contribution in [2.24, 2.45) is 5.92 Å². The quantitative estimate of drug-likeness (QED) is 0.791. The Morgan fingerprint density at radius 3 is 2.35 bits per heavy atom. The van der Waals surface area contributed by atoms with Crippen LogP contribution in [0.25, 0.3) is 0 Å². The normalized spacial score (nSPS) is 10.9. The van der Waals surface area contributed by atoms with Gasteiger partial charge in [0, 0.05) is 19.3 Å². The molecule has 1 rings (SSSR count). The Bertz CT molecular complexity index is 307. The number of hydrogen-bond donors (Lipinski definition) is 1. The predicted octanol–water partition coefficient (Wildman–Crippen LogP) is 2.84. The number of nitrogens with zero attached hydrogens (tertiary/aromatic N) is 2. The summed E-state index contributed by atoms with van der Waals surface area (Å²) in [6, 6.07) is 3.94. The van der Waals surface area contributed by atoms with Crippen LogP contribution in [0.5, 0.6) is 0 Å². The van der Waals surface area contributed by atoms with Gasteiger partial charge in [0.05, 0.1) is 6.61 Å². The fourth-order valence-corrected chi connectivity index (χ4v) is 1.94. The smallest absolute Gasteiger partial charge is 0.128 e. The standard InChI is InChI=1S/C14H24N2O/c1-4-12(5-2)10-16(6-3)14-8-7-13(11-17)9-15-14/h7-9,12,17H,4-6,10-11H2,1-3H3. The highest BCUT2D eigenvalue weighted by Crippen LogP contribution is 2.16. The summed E-state index contributed by atoms with van der Waals surface area (Å²) in [6.45, 7) is 8.74. The van der Waals surface area contributed by atoms with Gasteiger partial charge in [0.15, 0.2) is 0 Å². The third kappa shape index (κ3) is 4.00. The molecular weight excluding hydrogens is 212 g/mol. The number of aliphatic hydroxyl groups excluding tert-OH is 1. The highest BCUT2D eigenvalue weighted by Gasteiger charge is 2.11. The molecule has 3 nitrogen and oxygen atoms in total. The van der Waals surface area contributed by atoms with Gasteiger partial charge >= 0.3 is 0 Å². The molecule has 0 saturated heterocycles. The lowest BCUT2D eigenvalue weighted by Crippen LogP contribution is -2.29. The van der Waals surface area contributed by atoms with Crippen LogP contribution in [0, 0.1) is 5.92 Å². The van der Waals surface area contributed by atoms with Crippen LogP contribution < -0.4 is 4.90 Å². The first-order chi connectivity index (χ1) is 8.24. The molecule has 0 atom stereocenters. The van der Waals surface area contributed by atoms with E-state index in [1.165, 1.54) is 12.8 Å². The molecular formula is C14H24N2O. The van der Waals surface area contributed by atoms with E-state index in [2.05, 4.69) is 30.7 Å². The van der Waals surface area contributed by atoms with Crippen molar-refractivity contribution in [1.82, 2.24) is 4.98 Å². The first-order valence-electron chi connectivity index (χ1n) is 6.55. The maximum atomic E-state index is 8.99. The van der Waals surface area contributed by atoms with Crippen molar-refractivity contribution in [2.45, 2.75) is 40.2 Å². The molecule has 0 aliphatic carbocycles. The molecule has 96 valence electrons. The van der Waals surface area contributed by atoms with E-state index in [1.54, 1.807) is 6.20 Å². The van der Waals surface area contributed by atoms with E-state index >= 15 is 0 Å². The fraction of sp³-hybridized carbons (Fsp3) is 0.643. The largest absolute Gasteiger partial charge is 0.392 e. The molecule has 0 saturated carbocycles. The van der Waals surface area contributed by atoms with E-state index in [9.17, 15) is 0 Å². The predicted molar refractivity (Wildman–Crippen MR) is 72.1 cm³/mol. The second kappa shape index (κ2) is 7.28. The average Bonchev–Trinajstić information content (AvgIpc) is 2.40. The Morgan fingerprint density at radius 1 is 1.24 bits per heavy atom. The Balaban J connectivity index is 2.71.